The molecule has 0 radical (unpaired) electrons. The van der Waals surface area contributed by atoms with Crippen molar-refractivity contribution in [3.8, 4) is 5.75 Å². The van der Waals surface area contributed by atoms with Crippen LogP contribution in [0, 0.1) is 5.82 Å². The van der Waals surface area contributed by atoms with Crippen molar-refractivity contribution in [2.45, 2.75) is 32.2 Å². The van der Waals surface area contributed by atoms with Crippen LogP contribution in [0.25, 0.3) is 0 Å². The van der Waals surface area contributed by atoms with Crippen LogP contribution in [0.5, 0.6) is 5.75 Å². The van der Waals surface area contributed by atoms with Crippen molar-refractivity contribution >= 4 is 18.3 Å². The molecule has 1 rings (SSSR count). The molecule has 1 atom stereocenters. The van der Waals surface area contributed by atoms with Crippen molar-refractivity contribution in [1.29, 1.82) is 0 Å². The van der Waals surface area contributed by atoms with Gasteiger partial charge in [0.05, 0.1) is 13.2 Å². The molecule has 0 bridgehead atoms. The summed E-state index contributed by atoms with van der Waals surface area (Å²) in [5, 5.41) is 2.75. The van der Waals surface area contributed by atoms with Crippen molar-refractivity contribution in [2.75, 3.05) is 13.7 Å². The van der Waals surface area contributed by atoms with E-state index in [-0.39, 0.29) is 24.1 Å². The van der Waals surface area contributed by atoms with Crippen molar-refractivity contribution in [1.82, 2.24) is 5.32 Å². The molecule has 0 fully saturated rings. The first-order valence-electron chi connectivity index (χ1n) is 6.44. The van der Waals surface area contributed by atoms with E-state index >= 15 is 0 Å². The zero-order valence-electron chi connectivity index (χ0n) is 11.8. The van der Waals surface area contributed by atoms with Gasteiger partial charge < -0.3 is 15.8 Å². The summed E-state index contributed by atoms with van der Waals surface area (Å²) >= 11 is 0. The number of ether oxygens (including phenoxy) is 1. The van der Waals surface area contributed by atoms with Crippen LogP contribution in [0.1, 0.15) is 25.3 Å². The highest BCUT2D eigenvalue weighted by Gasteiger charge is 2.11. The Kier molecular flexibility index (Phi) is 8.92. The number of hydrogen-bond donors (Lipinski definition) is 2. The summed E-state index contributed by atoms with van der Waals surface area (Å²) in [5.74, 6) is -0.331. The molecule has 0 aliphatic rings. The lowest BCUT2D eigenvalue weighted by atomic mass is 10.1. The van der Waals surface area contributed by atoms with Crippen molar-refractivity contribution < 1.29 is 13.9 Å². The standard InChI is InChI=1S/C14H21FN2O2.ClH/c1-3-4-12(16)14(18)17-8-7-10-5-6-13(19-2)11(15)9-10;/h5-6,9,12H,3-4,7-8,16H2,1-2H3,(H,17,18);1H. The van der Waals surface area contributed by atoms with Crippen molar-refractivity contribution in [2.24, 2.45) is 5.73 Å². The lowest BCUT2D eigenvalue weighted by Crippen LogP contribution is -2.41. The first kappa shape index (κ1) is 18.7. The van der Waals surface area contributed by atoms with Gasteiger partial charge in [-0.05, 0) is 30.5 Å². The van der Waals surface area contributed by atoms with E-state index < -0.39 is 11.9 Å². The number of benzene rings is 1. The third-order valence-electron chi connectivity index (χ3n) is 2.87. The first-order valence-corrected chi connectivity index (χ1v) is 6.44. The fraction of sp³-hybridized carbons (Fsp3) is 0.500. The van der Waals surface area contributed by atoms with Crippen LogP contribution in [-0.4, -0.2) is 25.6 Å². The van der Waals surface area contributed by atoms with Gasteiger partial charge in [-0.3, -0.25) is 4.79 Å². The summed E-state index contributed by atoms with van der Waals surface area (Å²) in [6, 6.07) is 4.31. The number of nitrogens with two attached hydrogens (primary N) is 1. The fourth-order valence-corrected chi connectivity index (χ4v) is 1.77. The van der Waals surface area contributed by atoms with E-state index in [1.54, 1.807) is 12.1 Å². The Morgan fingerprint density at radius 3 is 2.75 bits per heavy atom. The zero-order chi connectivity index (χ0) is 14.3. The summed E-state index contributed by atoms with van der Waals surface area (Å²) < 4.78 is 18.3. The third kappa shape index (κ3) is 5.75. The molecular formula is C14H22ClFN2O2. The topological polar surface area (TPSA) is 64.4 Å². The number of carbonyl (C=O) groups is 1. The molecule has 0 heterocycles. The SMILES string of the molecule is CCCC(N)C(=O)NCCc1ccc(OC)c(F)c1.Cl. The van der Waals surface area contributed by atoms with Gasteiger partial charge in [0.15, 0.2) is 11.6 Å². The maximum absolute atomic E-state index is 13.4. The molecule has 1 unspecified atom stereocenters. The molecule has 114 valence electrons. The Labute approximate surface area is 125 Å². The molecule has 0 aliphatic carbocycles. The number of halogens is 2. The Balaban J connectivity index is 0.00000361. The Hall–Kier alpha value is -1.33. The summed E-state index contributed by atoms with van der Waals surface area (Å²) in [6.07, 6.45) is 2.10. The summed E-state index contributed by atoms with van der Waals surface area (Å²) in [5.41, 5.74) is 6.49. The normalized spacial score (nSPS) is 11.4. The van der Waals surface area contributed by atoms with Crippen LogP contribution in [-0.2, 0) is 11.2 Å². The number of hydrogen-bond acceptors (Lipinski definition) is 3. The van der Waals surface area contributed by atoms with Crippen LogP contribution >= 0.6 is 12.4 Å². The van der Waals surface area contributed by atoms with Gasteiger partial charge >= 0.3 is 0 Å². The number of nitrogens with one attached hydrogen (secondary N) is 1. The van der Waals surface area contributed by atoms with Gasteiger partial charge in [-0.25, -0.2) is 4.39 Å². The molecule has 3 N–H and O–H groups in total. The zero-order valence-corrected chi connectivity index (χ0v) is 12.6. The number of rotatable bonds is 7. The van der Waals surface area contributed by atoms with Crippen LogP contribution in [0.4, 0.5) is 4.39 Å². The van der Waals surface area contributed by atoms with Crippen LogP contribution < -0.4 is 15.8 Å². The average molecular weight is 305 g/mol. The van der Waals surface area contributed by atoms with Crippen LogP contribution in [0.15, 0.2) is 18.2 Å². The second kappa shape index (κ2) is 9.55. The first-order chi connectivity index (χ1) is 9.08. The van der Waals surface area contributed by atoms with E-state index in [2.05, 4.69) is 5.32 Å². The summed E-state index contributed by atoms with van der Waals surface area (Å²) in [4.78, 5) is 11.6. The lowest BCUT2D eigenvalue weighted by Gasteiger charge is -2.11. The molecule has 4 nitrogen and oxygen atoms in total. The maximum atomic E-state index is 13.4. The van der Waals surface area contributed by atoms with E-state index in [4.69, 9.17) is 10.5 Å². The molecule has 0 spiro atoms. The van der Waals surface area contributed by atoms with E-state index in [1.807, 2.05) is 6.92 Å². The highest BCUT2D eigenvalue weighted by molar-refractivity contribution is 5.85. The largest absolute Gasteiger partial charge is 0.494 e. The van der Waals surface area contributed by atoms with Gasteiger partial charge in [-0.2, -0.15) is 0 Å². The maximum Gasteiger partial charge on any atom is 0.236 e. The van der Waals surface area contributed by atoms with Crippen molar-refractivity contribution in [3.05, 3.63) is 29.6 Å². The lowest BCUT2D eigenvalue weighted by molar-refractivity contribution is -0.122. The monoisotopic (exact) mass is 304 g/mol. The average Bonchev–Trinajstić information content (AvgIpc) is 2.39. The minimum absolute atomic E-state index is 0. The van der Waals surface area contributed by atoms with E-state index in [1.165, 1.54) is 13.2 Å². The quantitative estimate of drug-likeness (QED) is 0.810. The summed E-state index contributed by atoms with van der Waals surface area (Å²) in [6.45, 7) is 2.43. The molecule has 1 amide bonds. The van der Waals surface area contributed by atoms with Gasteiger partial charge in [0, 0.05) is 6.54 Å². The second-order valence-electron chi connectivity index (χ2n) is 4.41. The third-order valence-corrected chi connectivity index (χ3v) is 2.87. The highest BCUT2D eigenvalue weighted by Crippen LogP contribution is 2.17. The minimum Gasteiger partial charge on any atom is -0.494 e. The second-order valence-corrected chi connectivity index (χ2v) is 4.41. The van der Waals surface area contributed by atoms with Crippen LogP contribution in [0.2, 0.25) is 0 Å². The van der Waals surface area contributed by atoms with Gasteiger partial charge in [0.25, 0.3) is 0 Å². The van der Waals surface area contributed by atoms with Gasteiger partial charge in [0.1, 0.15) is 0 Å². The van der Waals surface area contributed by atoms with Gasteiger partial charge in [-0.15, -0.1) is 12.4 Å². The molecule has 0 saturated heterocycles. The predicted octanol–water partition coefficient (Wildman–Crippen LogP) is 2.04. The highest BCUT2D eigenvalue weighted by atomic mass is 35.5. The minimum atomic E-state index is -0.461. The van der Waals surface area contributed by atoms with E-state index in [9.17, 15) is 9.18 Å². The van der Waals surface area contributed by atoms with Gasteiger partial charge in [0.2, 0.25) is 5.91 Å². The molecule has 0 aromatic heterocycles. The Bertz CT molecular complexity index is 430. The fourth-order valence-electron chi connectivity index (χ4n) is 1.77. The smallest absolute Gasteiger partial charge is 0.236 e. The molecule has 1 aromatic carbocycles. The molecular weight excluding hydrogens is 283 g/mol. The molecule has 6 heteroatoms. The number of methoxy groups -OCH3 is 1. The molecule has 1 aromatic rings. The van der Waals surface area contributed by atoms with E-state index in [0.29, 0.717) is 19.4 Å². The molecule has 0 aliphatic heterocycles. The molecule has 20 heavy (non-hydrogen) atoms. The number of amides is 1. The number of carbonyl (C=O) groups excluding carboxylic acids is 1. The predicted molar refractivity (Wildman–Crippen MR) is 79.8 cm³/mol. The van der Waals surface area contributed by atoms with Crippen molar-refractivity contribution in [3.63, 3.8) is 0 Å². The van der Waals surface area contributed by atoms with E-state index in [0.717, 1.165) is 12.0 Å². The summed E-state index contributed by atoms with van der Waals surface area (Å²) in [7, 11) is 1.42. The van der Waals surface area contributed by atoms with Crippen LogP contribution in [0.3, 0.4) is 0 Å². The molecule has 0 saturated carbocycles. The van der Waals surface area contributed by atoms with Gasteiger partial charge in [-0.1, -0.05) is 19.4 Å². The Morgan fingerprint density at radius 1 is 1.50 bits per heavy atom. The Morgan fingerprint density at radius 2 is 2.20 bits per heavy atom.